The van der Waals surface area contributed by atoms with Crippen LogP contribution in [0, 0.1) is 18.8 Å². The van der Waals surface area contributed by atoms with Gasteiger partial charge in [0, 0.05) is 47.1 Å². The number of hydrogen-bond donors (Lipinski definition) is 3. The summed E-state index contributed by atoms with van der Waals surface area (Å²) in [4.78, 5) is 51.3. The third-order valence-electron chi connectivity index (χ3n) is 8.11. The normalized spacial score (nSPS) is 18.1. The van der Waals surface area contributed by atoms with E-state index in [0.29, 0.717) is 30.9 Å². The van der Waals surface area contributed by atoms with Gasteiger partial charge in [0.25, 0.3) is 5.91 Å². The zero-order chi connectivity index (χ0) is 30.7. The van der Waals surface area contributed by atoms with E-state index in [0.717, 1.165) is 19.3 Å². The van der Waals surface area contributed by atoms with Gasteiger partial charge in [-0.3, -0.25) is 14.4 Å². The summed E-state index contributed by atoms with van der Waals surface area (Å²) >= 11 is 0. The van der Waals surface area contributed by atoms with Crippen LogP contribution in [0.3, 0.4) is 0 Å². The molecule has 2 heterocycles. The standard InChI is InChI=1S/C29H51N7O5/c1-9-19(4)26(23(40-7)15-24(37)36-14-10-11-22(36)27(41-8)18(2)3)35(6)25(38)17-33-29-32-16-21(20(5)34-29)28(39)31-13-12-30/h16,18-19,22-23,26-27H,9-15,17,30H2,1-8H3,(H,31,39)(H,32,33,34). The fraction of sp³-hybridized carbons (Fsp3) is 0.759. The van der Waals surface area contributed by atoms with Gasteiger partial charge in [0.05, 0.1) is 48.5 Å². The number of nitrogens with one attached hydrogen (secondary N) is 2. The second-order valence-corrected chi connectivity index (χ2v) is 11.2. The van der Waals surface area contributed by atoms with Crippen molar-refractivity contribution in [2.75, 3.05) is 52.8 Å². The monoisotopic (exact) mass is 577 g/mol. The minimum Gasteiger partial charge on any atom is -0.379 e. The van der Waals surface area contributed by atoms with E-state index in [4.69, 9.17) is 15.2 Å². The van der Waals surface area contributed by atoms with Gasteiger partial charge in [0.15, 0.2) is 0 Å². The number of anilines is 1. The molecule has 0 bridgehead atoms. The van der Waals surface area contributed by atoms with Gasteiger partial charge in [-0.25, -0.2) is 9.97 Å². The van der Waals surface area contributed by atoms with Crippen molar-refractivity contribution >= 4 is 23.7 Å². The summed E-state index contributed by atoms with van der Waals surface area (Å²) < 4.78 is 11.7. The number of likely N-dealkylation sites (tertiary alicyclic amines) is 1. The maximum atomic E-state index is 13.6. The van der Waals surface area contributed by atoms with Crippen molar-refractivity contribution in [1.82, 2.24) is 25.1 Å². The van der Waals surface area contributed by atoms with E-state index in [9.17, 15) is 14.4 Å². The maximum absolute atomic E-state index is 13.6. The van der Waals surface area contributed by atoms with Crippen LogP contribution in [0.1, 0.15) is 69.4 Å². The molecule has 1 fully saturated rings. The Labute approximate surface area is 245 Å². The molecule has 0 radical (unpaired) electrons. The average molecular weight is 578 g/mol. The first-order valence-corrected chi connectivity index (χ1v) is 14.7. The molecule has 12 heteroatoms. The van der Waals surface area contributed by atoms with E-state index < -0.39 is 6.10 Å². The Morgan fingerprint density at radius 1 is 1.22 bits per heavy atom. The van der Waals surface area contributed by atoms with E-state index in [1.807, 2.05) is 4.90 Å². The van der Waals surface area contributed by atoms with Gasteiger partial charge in [-0.1, -0.05) is 34.1 Å². The molecule has 41 heavy (non-hydrogen) atoms. The third kappa shape index (κ3) is 9.08. The molecule has 0 saturated carbocycles. The molecule has 1 aromatic rings. The molecule has 0 aromatic carbocycles. The molecule has 0 spiro atoms. The smallest absolute Gasteiger partial charge is 0.254 e. The lowest BCUT2D eigenvalue weighted by atomic mass is 9.90. The molecule has 1 aromatic heterocycles. The highest BCUT2D eigenvalue weighted by molar-refractivity contribution is 5.95. The summed E-state index contributed by atoms with van der Waals surface area (Å²) in [6, 6.07) is -0.277. The van der Waals surface area contributed by atoms with E-state index in [2.05, 4.69) is 48.3 Å². The number of ether oxygens (including phenoxy) is 2. The van der Waals surface area contributed by atoms with Crippen molar-refractivity contribution in [1.29, 1.82) is 0 Å². The SMILES string of the molecule is CCC(C)C(C(CC(=O)N1CCCC1C(OC)C(C)C)OC)N(C)C(=O)CNc1ncc(C(=O)NCCN)c(C)n1. The highest BCUT2D eigenvalue weighted by Gasteiger charge is 2.39. The first kappa shape index (κ1) is 34.4. The molecule has 232 valence electrons. The van der Waals surface area contributed by atoms with Crippen LogP contribution in [0.25, 0.3) is 0 Å². The zero-order valence-corrected chi connectivity index (χ0v) is 26.1. The number of nitrogens with zero attached hydrogens (tertiary/aromatic N) is 4. The van der Waals surface area contributed by atoms with Gasteiger partial charge in [-0.15, -0.1) is 0 Å². The Morgan fingerprint density at radius 2 is 1.93 bits per heavy atom. The highest BCUT2D eigenvalue weighted by atomic mass is 16.5. The highest BCUT2D eigenvalue weighted by Crippen LogP contribution is 2.28. The van der Waals surface area contributed by atoms with Crippen molar-refractivity contribution < 1.29 is 23.9 Å². The number of carbonyl (C=O) groups excluding carboxylic acids is 3. The third-order valence-corrected chi connectivity index (χ3v) is 8.11. The lowest BCUT2D eigenvalue weighted by Crippen LogP contribution is -2.53. The van der Waals surface area contributed by atoms with E-state index in [-0.39, 0.29) is 66.7 Å². The Hall–Kier alpha value is -2.83. The Kier molecular flexibility index (Phi) is 13.9. The van der Waals surface area contributed by atoms with Crippen molar-refractivity contribution in [2.24, 2.45) is 17.6 Å². The van der Waals surface area contributed by atoms with Gasteiger partial charge >= 0.3 is 0 Å². The number of carbonyl (C=O) groups is 3. The number of amides is 3. The van der Waals surface area contributed by atoms with Crippen LogP contribution in [-0.4, -0.2) is 109 Å². The molecule has 12 nitrogen and oxygen atoms in total. The van der Waals surface area contributed by atoms with Crippen molar-refractivity contribution in [3.05, 3.63) is 17.5 Å². The molecule has 1 aliphatic heterocycles. The number of nitrogens with two attached hydrogens (primary N) is 1. The largest absolute Gasteiger partial charge is 0.379 e. The summed E-state index contributed by atoms with van der Waals surface area (Å²) in [6.07, 6.45) is 3.78. The summed E-state index contributed by atoms with van der Waals surface area (Å²) in [5.74, 6) is 0.161. The van der Waals surface area contributed by atoms with Gasteiger partial charge < -0.3 is 35.6 Å². The van der Waals surface area contributed by atoms with Crippen LogP contribution in [-0.2, 0) is 19.1 Å². The molecule has 5 unspecified atom stereocenters. The van der Waals surface area contributed by atoms with Gasteiger partial charge in [0.2, 0.25) is 17.8 Å². The Morgan fingerprint density at radius 3 is 2.49 bits per heavy atom. The van der Waals surface area contributed by atoms with E-state index in [1.54, 1.807) is 33.1 Å². The van der Waals surface area contributed by atoms with Crippen LogP contribution in [0.4, 0.5) is 5.95 Å². The molecular formula is C29H51N7O5. The maximum Gasteiger partial charge on any atom is 0.254 e. The molecule has 5 atom stereocenters. The summed E-state index contributed by atoms with van der Waals surface area (Å²) in [5.41, 5.74) is 6.28. The van der Waals surface area contributed by atoms with E-state index >= 15 is 0 Å². The first-order valence-electron chi connectivity index (χ1n) is 14.7. The molecule has 1 aliphatic rings. The predicted molar refractivity (Wildman–Crippen MR) is 158 cm³/mol. The lowest BCUT2D eigenvalue weighted by molar-refractivity contribution is -0.143. The second-order valence-electron chi connectivity index (χ2n) is 11.2. The quantitative estimate of drug-likeness (QED) is 0.267. The van der Waals surface area contributed by atoms with Crippen LogP contribution in [0.2, 0.25) is 0 Å². The summed E-state index contributed by atoms with van der Waals surface area (Å²) in [5, 5.41) is 5.67. The fourth-order valence-corrected chi connectivity index (χ4v) is 5.69. The zero-order valence-electron chi connectivity index (χ0n) is 26.1. The van der Waals surface area contributed by atoms with Crippen molar-refractivity contribution in [3.8, 4) is 0 Å². The van der Waals surface area contributed by atoms with Crippen LogP contribution in [0.15, 0.2) is 6.20 Å². The minimum absolute atomic E-state index is 0.0220. The van der Waals surface area contributed by atoms with Crippen molar-refractivity contribution in [3.63, 3.8) is 0 Å². The molecule has 2 rings (SSSR count). The second kappa shape index (κ2) is 16.6. The molecule has 1 saturated heterocycles. The lowest BCUT2D eigenvalue weighted by Gasteiger charge is -2.39. The molecule has 0 aliphatic carbocycles. The molecular weight excluding hydrogens is 526 g/mol. The van der Waals surface area contributed by atoms with E-state index in [1.165, 1.54) is 6.20 Å². The Balaban J connectivity index is 2.11. The van der Waals surface area contributed by atoms with Gasteiger partial charge in [0.1, 0.15) is 0 Å². The van der Waals surface area contributed by atoms with Crippen LogP contribution in [0.5, 0.6) is 0 Å². The summed E-state index contributed by atoms with van der Waals surface area (Å²) in [7, 11) is 5.05. The van der Waals surface area contributed by atoms with Gasteiger partial charge in [-0.2, -0.15) is 0 Å². The van der Waals surface area contributed by atoms with Crippen LogP contribution < -0.4 is 16.4 Å². The first-order chi connectivity index (χ1) is 19.5. The number of methoxy groups -OCH3 is 2. The number of rotatable bonds is 16. The minimum atomic E-state index is -0.475. The average Bonchev–Trinajstić information content (AvgIpc) is 3.43. The topological polar surface area (TPSA) is 152 Å². The summed E-state index contributed by atoms with van der Waals surface area (Å²) in [6.45, 7) is 11.4. The fourth-order valence-electron chi connectivity index (χ4n) is 5.69. The number of aromatic nitrogens is 2. The van der Waals surface area contributed by atoms with Gasteiger partial charge in [-0.05, 0) is 31.6 Å². The number of aryl methyl sites for hydroxylation is 1. The van der Waals surface area contributed by atoms with Crippen LogP contribution >= 0.6 is 0 Å². The molecule has 4 N–H and O–H groups in total. The predicted octanol–water partition coefficient (Wildman–Crippen LogP) is 1.83. The van der Waals surface area contributed by atoms with Crippen molar-refractivity contribution in [2.45, 2.75) is 84.6 Å². The number of likely N-dealkylation sites (N-methyl/N-ethyl adjacent to an activating group) is 1. The number of hydrogen-bond acceptors (Lipinski definition) is 9. The molecule has 3 amide bonds. The Bertz CT molecular complexity index is 1010.